The lowest BCUT2D eigenvalue weighted by Crippen LogP contribution is -2.44. The fourth-order valence-corrected chi connectivity index (χ4v) is 6.49. The Kier molecular flexibility index (Phi) is 8.31. The van der Waals surface area contributed by atoms with Gasteiger partial charge in [-0.15, -0.1) is 5.10 Å². The van der Waals surface area contributed by atoms with Crippen molar-refractivity contribution in [3.05, 3.63) is 30.4 Å². The van der Waals surface area contributed by atoms with Gasteiger partial charge in [-0.3, -0.25) is 9.48 Å². The number of aliphatic hydroxyl groups excluding tert-OH is 1. The predicted molar refractivity (Wildman–Crippen MR) is 153 cm³/mol. The summed E-state index contributed by atoms with van der Waals surface area (Å²) in [5.74, 6) is 0.967. The van der Waals surface area contributed by atoms with Crippen molar-refractivity contribution in [2.24, 2.45) is 5.92 Å². The number of hydrogen-bond acceptors (Lipinski definition) is 8. The first kappa shape index (κ1) is 28.7. The summed E-state index contributed by atoms with van der Waals surface area (Å²) >= 11 is 0. The van der Waals surface area contributed by atoms with Gasteiger partial charge in [-0.25, -0.2) is 9.50 Å². The lowest BCUT2D eigenvalue weighted by Gasteiger charge is -2.35. The van der Waals surface area contributed by atoms with Crippen LogP contribution in [0.15, 0.2) is 24.7 Å². The van der Waals surface area contributed by atoms with Crippen molar-refractivity contribution in [2.45, 2.75) is 109 Å². The molecule has 0 amide bonds. The zero-order chi connectivity index (χ0) is 28.6. The number of aromatic nitrogens is 5. The number of nitrogens with one attached hydrogen (secondary N) is 1. The van der Waals surface area contributed by atoms with Crippen LogP contribution in [0.1, 0.15) is 84.8 Å². The molecule has 0 spiro atoms. The van der Waals surface area contributed by atoms with Crippen LogP contribution in [0.5, 0.6) is 0 Å². The summed E-state index contributed by atoms with van der Waals surface area (Å²) in [5.41, 5.74) is 3.12. The van der Waals surface area contributed by atoms with Crippen molar-refractivity contribution in [2.75, 3.05) is 19.0 Å². The van der Waals surface area contributed by atoms with Gasteiger partial charge in [0.15, 0.2) is 5.78 Å². The Hall–Kier alpha value is -2.82. The van der Waals surface area contributed by atoms with Crippen LogP contribution in [0.4, 0.5) is 5.95 Å². The van der Waals surface area contributed by atoms with Gasteiger partial charge in [0.1, 0.15) is 5.54 Å². The summed E-state index contributed by atoms with van der Waals surface area (Å²) < 4.78 is 14.9. The molecular weight excluding hydrogens is 508 g/mol. The molecule has 0 unspecified atom stereocenters. The van der Waals surface area contributed by atoms with Crippen molar-refractivity contribution in [1.82, 2.24) is 24.4 Å². The first-order chi connectivity index (χ1) is 19.1. The van der Waals surface area contributed by atoms with Gasteiger partial charge in [-0.2, -0.15) is 5.10 Å². The lowest BCUT2D eigenvalue weighted by atomic mass is 9.81. The van der Waals surface area contributed by atoms with Gasteiger partial charge in [0.2, 0.25) is 5.95 Å². The minimum atomic E-state index is -0.789. The van der Waals surface area contributed by atoms with E-state index in [1.807, 2.05) is 57.7 Å². The van der Waals surface area contributed by atoms with E-state index in [0.29, 0.717) is 12.6 Å². The Morgan fingerprint density at radius 2 is 1.90 bits per heavy atom. The standard InChI is InChI=1S/C30H44N6O4/c1-18(17-39-6)33-29-31-15-27-25(13-26(36(27)34-29)21-7-9-24(37)10-8-21)23-14-32-35(16-23)30(4,5)28(38)22-11-19(2)40-20(3)12-22/h13-16,18-22,24,37H,7-12,17H2,1-6H3,(H,33,34)/t18-,19-,20-,21-,24-/m0/s1. The third-order valence-electron chi connectivity index (χ3n) is 8.59. The zero-order valence-electron chi connectivity index (χ0n) is 24.6. The molecule has 5 rings (SSSR count). The van der Waals surface area contributed by atoms with Crippen molar-refractivity contribution < 1.29 is 19.4 Å². The molecule has 3 aromatic rings. The van der Waals surface area contributed by atoms with Crippen molar-refractivity contribution in [1.29, 1.82) is 0 Å². The molecule has 10 heteroatoms. The second-order valence-electron chi connectivity index (χ2n) is 12.4. The fourth-order valence-electron chi connectivity index (χ4n) is 6.49. The average molecular weight is 553 g/mol. The molecule has 3 aromatic heterocycles. The fraction of sp³-hybridized carbons (Fsp3) is 0.667. The molecule has 0 aromatic carbocycles. The van der Waals surface area contributed by atoms with Crippen LogP contribution in [0.25, 0.3) is 16.6 Å². The second kappa shape index (κ2) is 11.6. The number of ether oxygens (including phenoxy) is 2. The largest absolute Gasteiger partial charge is 0.393 e. The highest BCUT2D eigenvalue weighted by molar-refractivity contribution is 5.88. The SMILES string of the molecule is COC[C@H](C)Nc1ncc2c(-c3cnn(C(C)(C)C(=O)C4C[C@H](C)O[C@@H](C)C4)c3)cc([C@H]3CC[C@H](O)CC3)n2n1. The highest BCUT2D eigenvalue weighted by Crippen LogP contribution is 2.38. The summed E-state index contributed by atoms with van der Waals surface area (Å²) in [6.07, 6.45) is 10.4. The number of Topliss-reactive ketones (excluding diaryl/α,β-unsaturated/α-hetero) is 1. The number of fused-ring (bicyclic) bond motifs is 1. The molecule has 1 aliphatic carbocycles. The Bertz CT molecular complexity index is 1310. The molecule has 10 nitrogen and oxygen atoms in total. The first-order valence-corrected chi connectivity index (χ1v) is 14.6. The molecule has 1 saturated heterocycles. The smallest absolute Gasteiger partial charge is 0.241 e. The molecule has 4 heterocycles. The summed E-state index contributed by atoms with van der Waals surface area (Å²) in [7, 11) is 1.68. The quantitative estimate of drug-likeness (QED) is 0.397. The maximum Gasteiger partial charge on any atom is 0.241 e. The van der Waals surface area contributed by atoms with E-state index in [1.165, 1.54) is 0 Å². The highest BCUT2D eigenvalue weighted by atomic mass is 16.5. The van der Waals surface area contributed by atoms with Gasteiger partial charge in [0.05, 0.1) is 42.8 Å². The molecule has 0 bridgehead atoms. The topological polar surface area (TPSA) is 116 Å². The number of ketones is 1. The number of hydrogen-bond donors (Lipinski definition) is 2. The molecule has 0 radical (unpaired) electrons. The molecule has 40 heavy (non-hydrogen) atoms. The molecule has 2 N–H and O–H groups in total. The van der Waals surface area contributed by atoms with E-state index in [9.17, 15) is 9.90 Å². The second-order valence-corrected chi connectivity index (χ2v) is 12.4. The van der Waals surface area contributed by atoms with Gasteiger partial charge in [-0.1, -0.05) is 0 Å². The number of nitrogens with zero attached hydrogens (tertiary/aromatic N) is 5. The Morgan fingerprint density at radius 1 is 1.20 bits per heavy atom. The number of carbonyl (C=O) groups excluding carboxylic acids is 1. The van der Waals surface area contributed by atoms with E-state index in [-0.39, 0.29) is 42.0 Å². The van der Waals surface area contributed by atoms with E-state index in [1.54, 1.807) is 11.8 Å². The molecule has 3 atom stereocenters. The van der Waals surface area contributed by atoms with Crippen LogP contribution in [-0.2, 0) is 19.8 Å². The van der Waals surface area contributed by atoms with Crippen molar-refractivity contribution in [3.63, 3.8) is 0 Å². The molecule has 1 saturated carbocycles. The molecule has 2 aliphatic rings. The summed E-state index contributed by atoms with van der Waals surface area (Å²) in [4.78, 5) is 18.3. The summed E-state index contributed by atoms with van der Waals surface area (Å²) in [5, 5.41) is 23.0. The Balaban J connectivity index is 1.48. The minimum Gasteiger partial charge on any atom is -0.393 e. The van der Waals surface area contributed by atoms with Crippen LogP contribution in [0, 0.1) is 5.92 Å². The van der Waals surface area contributed by atoms with E-state index in [0.717, 1.165) is 60.9 Å². The maximum atomic E-state index is 13.7. The lowest BCUT2D eigenvalue weighted by molar-refractivity contribution is -0.138. The number of anilines is 1. The number of aliphatic hydroxyl groups is 1. The van der Waals surface area contributed by atoms with Crippen LogP contribution in [-0.4, -0.2) is 73.3 Å². The monoisotopic (exact) mass is 552 g/mol. The van der Waals surface area contributed by atoms with Crippen LogP contribution in [0.3, 0.4) is 0 Å². The molecule has 1 aliphatic heterocycles. The highest BCUT2D eigenvalue weighted by Gasteiger charge is 2.39. The average Bonchev–Trinajstić information content (AvgIpc) is 3.54. The van der Waals surface area contributed by atoms with E-state index in [2.05, 4.69) is 21.5 Å². The number of carbonyl (C=O) groups is 1. The number of rotatable bonds is 9. The Labute approximate surface area is 236 Å². The van der Waals surface area contributed by atoms with Crippen LogP contribution >= 0.6 is 0 Å². The molecule has 218 valence electrons. The van der Waals surface area contributed by atoms with Gasteiger partial charge >= 0.3 is 0 Å². The minimum absolute atomic E-state index is 0.0511. The van der Waals surface area contributed by atoms with Crippen molar-refractivity contribution in [3.8, 4) is 11.1 Å². The zero-order valence-corrected chi connectivity index (χ0v) is 24.6. The van der Waals surface area contributed by atoms with Crippen LogP contribution in [0.2, 0.25) is 0 Å². The summed E-state index contributed by atoms with van der Waals surface area (Å²) in [6.45, 7) is 10.6. The predicted octanol–water partition coefficient (Wildman–Crippen LogP) is 4.57. The maximum absolute atomic E-state index is 13.7. The van der Waals surface area contributed by atoms with Gasteiger partial charge < -0.3 is 19.9 Å². The van der Waals surface area contributed by atoms with Gasteiger partial charge in [0.25, 0.3) is 0 Å². The molecular formula is C30H44N6O4. The van der Waals surface area contributed by atoms with Crippen molar-refractivity contribution >= 4 is 17.2 Å². The van der Waals surface area contributed by atoms with E-state index >= 15 is 0 Å². The van der Waals surface area contributed by atoms with Crippen LogP contribution < -0.4 is 5.32 Å². The Morgan fingerprint density at radius 3 is 2.58 bits per heavy atom. The van der Waals surface area contributed by atoms with E-state index < -0.39 is 5.54 Å². The van der Waals surface area contributed by atoms with Gasteiger partial charge in [-0.05, 0) is 79.2 Å². The first-order valence-electron chi connectivity index (χ1n) is 14.6. The number of methoxy groups -OCH3 is 1. The van der Waals surface area contributed by atoms with E-state index in [4.69, 9.17) is 14.6 Å². The summed E-state index contributed by atoms with van der Waals surface area (Å²) in [6, 6.07) is 2.25. The van der Waals surface area contributed by atoms with Gasteiger partial charge in [0, 0.05) is 48.0 Å². The third kappa shape index (κ3) is 5.80. The normalized spacial score (nSPS) is 26.6. The molecule has 2 fully saturated rings. The third-order valence-corrected chi connectivity index (χ3v) is 8.59.